The minimum absolute atomic E-state index is 0.234. The molecule has 42 heavy (non-hydrogen) atoms. The average molecular weight is 575 g/mol. The van der Waals surface area contributed by atoms with Crippen LogP contribution in [0.25, 0.3) is 11.4 Å². The van der Waals surface area contributed by atoms with Gasteiger partial charge in [0, 0.05) is 22.4 Å². The fourth-order valence-electron chi connectivity index (χ4n) is 4.52. The lowest BCUT2D eigenvalue weighted by molar-refractivity contribution is -0.128. The van der Waals surface area contributed by atoms with Gasteiger partial charge in [-0.3, -0.25) is 14.5 Å². The number of nitrogens with zero attached hydrogens (tertiary/aromatic N) is 5. The number of methoxy groups -OCH3 is 2. The summed E-state index contributed by atoms with van der Waals surface area (Å²) in [6.07, 6.45) is 0. The molecule has 1 N–H and O–H groups in total. The molecule has 0 aliphatic rings. The molecule has 0 saturated carbocycles. The van der Waals surface area contributed by atoms with Crippen molar-refractivity contribution in [3.05, 3.63) is 83.2 Å². The van der Waals surface area contributed by atoms with E-state index in [0.717, 1.165) is 15.9 Å². The van der Waals surface area contributed by atoms with Gasteiger partial charge in [0.05, 0.1) is 14.2 Å². The third-order valence-corrected chi connectivity index (χ3v) is 6.67. The van der Waals surface area contributed by atoms with Crippen LogP contribution in [-0.2, 0) is 16.1 Å². The zero-order valence-corrected chi connectivity index (χ0v) is 24.8. The van der Waals surface area contributed by atoms with Gasteiger partial charge in [-0.25, -0.2) is 4.39 Å². The van der Waals surface area contributed by atoms with Gasteiger partial charge in [-0.2, -0.15) is 4.80 Å². The molecule has 220 valence electrons. The molecule has 0 bridgehead atoms. The predicted molar refractivity (Wildman–Crippen MR) is 157 cm³/mol. The van der Waals surface area contributed by atoms with Crippen molar-refractivity contribution in [2.45, 2.75) is 52.7 Å². The Bertz CT molecular complexity index is 1580. The molecule has 10 nitrogen and oxygen atoms in total. The standard InChI is InChI=1S/C31H35FN6O4/c1-19-9-8-10-25(20(19)2)38(27(39)18-37-35-29(34-36-37)21-11-13-22(32)14-12-21)28(30(40)33-31(3,4)5)24-17-23(41-6)15-16-26(24)42-7/h8-17,28H,18H2,1-7H3,(H,33,40)/t28-/m1/s1. The number of ether oxygens (including phenoxy) is 2. The van der Waals surface area contributed by atoms with Crippen molar-refractivity contribution in [2.24, 2.45) is 0 Å². The molecule has 11 heteroatoms. The average Bonchev–Trinajstić information content (AvgIpc) is 3.40. The number of nitrogens with one attached hydrogen (secondary N) is 1. The third kappa shape index (κ3) is 6.73. The van der Waals surface area contributed by atoms with Gasteiger partial charge in [-0.15, -0.1) is 10.2 Å². The normalized spacial score (nSPS) is 12.0. The first-order valence-corrected chi connectivity index (χ1v) is 13.4. The number of anilines is 1. The molecule has 0 fully saturated rings. The number of carbonyl (C=O) groups excluding carboxylic acids is 2. The summed E-state index contributed by atoms with van der Waals surface area (Å²) in [6, 6.07) is 15.2. The Labute approximate surface area is 244 Å². The maximum atomic E-state index is 14.3. The SMILES string of the molecule is COc1ccc(OC)c([C@H](C(=O)NC(C)(C)C)N(C(=O)Cn2nnc(-c3ccc(F)cc3)n2)c2cccc(C)c2C)c1. The Morgan fingerprint density at radius 1 is 1.02 bits per heavy atom. The lowest BCUT2D eigenvalue weighted by atomic mass is 9.97. The van der Waals surface area contributed by atoms with E-state index >= 15 is 0 Å². The monoisotopic (exact) mass is 574 g/mol. The number of aryl methyl sites for hydroxylation is 1. The zero-order chi connectivity index (χ0) is 30.6. The summed E-state index contributed by atoms with van der Waals surface area (Å²) in [5.74, 6) is -0.136. The van der Waals surface area contributed by atoms with Crippen molar-refractivity contribution >= 4 is 17.5 Å². The van der Waals surface area contributed by atoms with Gasteiger partial charge in [0.1, 0.15) is 29.9 Å². The van der Waals surface area contributed by atoms with Crippen molar-refractivity contribution in [2.75, 3.05) is 19.1 Å². The molecule has 1 aromatic heterocycles. The predicted octanol–water partition coefficient (Wildman–Crippen LogP) is 4.80. The molecule has 0 radical (unpaired) electrons. The van der Waals surface area contributed by atoms with E-state index in [4.69, 9.17) is 9.47 Å². The van der Waals surface area contributed by atoms with E-state index in [1.54, 1.807) is 24.3 Å². The molecule has 0 unspecified atom stereocenters. The van der Waals surface area contributed by atoms with Crippen molar-refractivity contribution in [3.8, 4) is 22.9 Å². The van der Waals surface area contributed by atoms with Gasteiger partial charge >= 0.3 is 0 Å². The van der Waals surface area contributed by atoms with Gasteiger partial charge in [-0.05, 0) is 99.5 Å². The molecule has 4 aromatic rings. The molecule has 0 spiro atoms. The van der Waals surface area contributed by atoms with Gasteiger partial charge < -0.3 is 14.8 Å². The maximum Gasteiger partial charge on any atom is 0.251 e. The molecule has 4 rings (SSSR count). The summed E-state index contributed by atoms with van der Waals surface area (Å²) < 4.78 is 24.6. The highest BCUT2D eigenvalue weighted by Gasteiger charge is 2.37. The number of amides is 2. The highest BCUT2D eigenvalue weighted by atomic mass is 19.1. The minimum Gasteiger partial charge on any atom is -0.497 e. The molecule has 0 saturated heterocycles. The van der Waals surface area contributed by atoms with E-state index in [2.05, 4.69) is 20.7 Å². The van der Waals surface area contributed by atoms with Gasteiger partial charge in [0.2, 0.25) is 11.7 Å². The van der Waals surface area contributed by atoms with Crippen molar-refractivity contribution in [1.82, 2.24) is 25.5 Å². The number of rotatable bonds is 9. The van der Waals surface area contributed by atoms with E-state index in [-0.39, 0.29) is 12.4 Å². The van der Waals surface area contributed by atoms with Crippen LogP contribution in [0.3, 0.4) is 0 Å². The Hall–Kier alpha value is -4.80. The van der Waals surface area contributed by atoms with Crippen LogP contribution in [0.2, 0.25) is 0 Å². The van der Waals surface area contributed by atoms with Crippen LogP contribution in [-0.4, -0.2) is 51.8 Å². The lowest BCUT2D eigenvalue weighted by Gasteiger charge is -2.35. The van der Waals surface area contributed by atoms with E-state index in [1.165, 1.54) is 43.4 Å². The van der Waals surface area contributed by atoms with Gasteiger partial charge in [0.15, 0.2) is 0 Å². The summed E-state index contributed by atoms with van der Waals surface area (Å²) in [6.45, 7) is 9.10. The van der Waals surface area contributed by atoms with Crippen LogP contribution >= 0.6 is 0 Å². The van der Waals surface area contributed by atoms with E-state index in [1.807, 2.05) is 46.8 Å². The van der Waals surface area contributed by atoms with Crippen molar-refractivity contribution < 1.29 is 23.5 Å². The quantitative estimate of drug-likeness (QED) is 0.306. The summed E-state index contributed by atoms with van der Waals surface area (Å²) in [5.41, 5.74) is 2.68. The Morgan fingerprint density at radius 3 is 2.38 bits per heavy atom. The van der Waals surface area contributed by atoms with Crippen LogP contribution in [0.5, 0.6) is 11.5 Å². The van der Waals surface area contributed by atoms with Gasteiger partial charge in [0.25, 0.3) is 5.91 Å². The number of aromatic nitrogens is 4. The minimum atomic E-state index is -1.15. The zero-order valence-electron chi connectivity index (χ0n) is 24.8. The Kier molecular flexibility index (Phi) is 8.89. The third-order valence-electron chi connectivity index (χ3n) is 6.67. The highest BCUT2D eigenvalue weighted by Crippen LogP contribution is 2.38. The number of benzene rings is 3. The molecular formula is C31H35FN6O4. The number of halogens is 1. The fourth-order valence-corrected chi connectivity index (χ4v) is 4.52. The van der Waals surface area contributed by atoms with E-state index in [0.29, 0.717) is 28.3 Å². The molecule has 1 heterocycles. The van der Waals surface area contributed by atoms with E-state index in [9.17, 15) is 14.0 Å². The summed E-state index contributed by atoms with van der Waals surface area (Å²) in [7, 11) is 3.03. The molecule has 3 aromatic carbocycles. The van der Waals surface area contributed by atoms with Crippen LogP contribution in [0.15, 0.2) is 60.7 Å². The molecule has 0 aliphatic carbocycles. The second-order valence-corrected chi connectivity index (χ2v) is 10.9. The van der Waals surface area contributed by atoms with Crippen LogP contribution < -0.4 is 19.7 Å². The van der Waals surface area contributed by atoms with Crippen LogP contribution in [0.1, 0.15) is 43.5 Å². The number of hydrogen-bond donors (Lipinski definition) is 1. The lowest BCUT2D eigenvalue weighted by Crippen LogP contribution is -2.50. The number of carbonyl (C=O) groups is 2. The first-order chi connectivity index (χ1) is 19.9. The molecular weight excluding hydrogens is 539 g/mol. The second kappa shape index (κ2) is 12.4. The molecule has 0 aliphatic heterocycles. The first-order valence-electron chi connectivity index (χ1n) is 13.4. The highest BCUT2D eigenvalue weighted by molar-refractivity contribution is 6.02. The summed E-state index contributed by atoms with van der Waals surface area (Å²) >= 11 is 0. The fraction of sp³-hybridized carbons (Fsp3) is 0.323. The van der Waals surface area contributed by atoms with Crippen molar-refractivity contribution in [3.63, 3.8) is 0 Å². The summed E-state index contributed by atoms with van der Waals surface area (Å²) in [4.78, 5) is 31.0. The Balaban J connectivity index is 1.86. The number of hydrogen-bond acceptors (Lipinski definition) is 7. The largest absolute Gasteiger partial charge is 0.497 e. The first kappa shape index (κ1) is 30.2. The number of tetrazole rings is 1. The topological polar surface area (TPSA) is 111 Å². The van der Waals surface area contributed by atoms with Crippen LogP contribution in [0.4, 0.5) is 10.1 Å². The van der Waals surface area contributed by atoms with Crippen LogP contribution in [0, 0.1) is 19.7 Å². The Morgan fingerprint density at radius 2 is 1.74 bits per heavy atom. The smallest absolute Gasteiger partial charge is 0.251 e. The molecule has 2 amide bonds. The van der Waals surface area contributed by atoms with Crippen molar-refractivity contribution in [1.29, 1.82) is 0 Å². The molecule has 1 atom stereocenters. The summed E-state index contributed by atoms with van der Waals surface area (Å²) in [5, 5.41) is 15.5. The van der Waals surface area contributed by atoms with Gasteiger partial charge in [-0.1, -0.05) is 12.1 Å². The van der Waals surface area contributed by atoms with E-state index < -0.39 is 29.2 Å². The second-order valence-electron chi connectivity index (χ2n) is 10.9. The maximum absolute atomic E-state index is 14.3.